The Bertz CT molecular complexity index is 454. The van der Waals surface area contributed by atoms with E-state index in [1.807, 2.05) is 0 Å². The van der Waals surface area contributed by atoms with E-state index in [1.54, 1.807) is 24.3 Å². The van der Waals surface area contributed by atoms with Crippen molar-refractivity contribution in [1.82, 2.24) is 10.3 Å². The van der Waals surface area contributed by atoms with Gasteiger partial charge in [0, 0.05) is 5.56 Å². The van der Waals surface area contributed by atoms with Crippen molar-refractivity contribution in [2.45, 2.75) is 19.3 Å². The summed E-state index contributed by atoms with van der Waals surface area (Å²) in [4.78, 5) is 13.8. The number of phenolic OH excluding ortho intramolecular Hbond substituents is 1. The van der Waals surface area contributed by atoms with Crippen LogP contribution in [0.5, 0.6) is 5.75 Å². The maximum absolute atomic E-state index is 11.7. The Morgan fingerprint density at radius 3 is 2.79 bits per heavy atom. The molecule has 2 rings (SSSR count). The molecule has 102 valence electrons. The number of hydrazone groups is 1. The molecule has 0 saturated carbocycles. The molecule has 1 heterocycles. The van der Waals surface area contributed by atoms with Gasteiger partial charge in [0.05, 0.1) is 12.8 Å². The summed E-state index contributed by atoms with van der Waals surface area (Å²) in [6, 6.07) is 6.85. The summed E-state index contributed by atoms with van der Waals surface area (Å²) < 4.78 is 0. The van der Waals surface area contributed by atoms with E-state index < -0.39 is 0 Å². The van der Waals surface area contributed by atoms with Gasteiger partial charge < -0.3 is 5.11 Å². The van der Waals surface area contributed by atoms with Crippen molar-refractivity contribution in [3.63, 3.8) is 0 Å². The number of nitrogens with zero attached hydrogens (tertiary/aromatic N) is 2. The van der Waals surface area contributed by atoms with Gasteiger partial charge in [0.2, 0.25) is 0 Å². The Kier molecular flexibility index (Phi) is 4.92. The molecule has 19 heavy (non-hydrogen) atoms. The van der Waals surface area contributed by atoms with E-state index in [-0.39, 0.29) is 11.7 Å². The van der Waals surface area contributed by atoms with Crippen LogP contribution < -0.4 is 5.43 Å². The number of para-hydroxylation sites is 1. The third-order valence-corrected chi connectivity index (χ3v) is 3.15. The zero-order valence-electron chi connectivity index (χ0n) is 10.9. The van der Waals surface area contributed by atoms with Gasteiger partial charge in [-0.25, -0.2) is 5.43 Å². The highest BCUT2D eigenvalue weighted by atomic mass is 16.3. The zero-order chi connectivity index (χ0) is 13.5. The Morgan fingerprint density at radius 2 is 2.05 bits per heavy atom. The van der Waals surface area contributed by atoms with Crippen LogP contribution in [0.2, 0.25) is 0 Å². The van der Waals surface area contributed by atoms with Crippen LogP contribution in [0.25, 0.3) is 0 Å². The maximum Gasteiger partial charge on any atom is 0.254 e. The Morgan fingerprint density at radius 1 is 1.32 bits per heavy atom. The lowest BCUT2D eigenvalue weighted by atomic mass is 10.1. The molecule has 2 N–H and O–H groups in total. The number of likely N-dealkylation sites (tertiary alicyclic amines) is 1. The predicted octanol–water partition coefficient (Wildman–Crippen LogP) is 1.33. The standard InChI is InChI=1S/C14H19N3O2/c18-13-7-3-2-6-12(13)10-15-16-14(19)11-17-8-4-1-5-9-17/h2-3,6-7,10,18H,1,4-5,8-9,11H2,(H,16,19)/b15-10-. The van der Waals surface area contributed by atoms with Gasteiger partial charge in [-0.3, -0.25) is 9.69 Å². The number of piperidine rings is 1. The normalized spacial score (nSPS) is 16.6. The highest BCUT2D eigenvalue weighted by Crippen LogP contribution is 2.12. The molecule has 0 aliphatic carbocycles. The monoisotopic (exact) mass is 261 g/mol. The first kappa shape index (κ1) is 13.5. The van der Waals surface area contributed by atoms with Crippen LogP contribution in [0.4, 0.5) is 0 Å². The second kappa shape index (κ2) is 6.89. The van der Waals surface area contributed by atoms with E-state index in [4.69, 9.17) is 0 Å². The number of nitrogens with one attached hydrogen (secondary N) is 1. The van der Waals surface area contributed by atoms with E-state index in [0.29, 0.717) is 12.1 Å². The van der Waals surface area contributed by atoms with Crippen molar-refractivity contribution in [2.75, 3.05) is 19.6 Å². The molecular formula is C14H19N3O2. The molecule has 0 bridgehead atoms. The Hall–Kier alpha value is -1.88. The molecule has 1 aliphatic rings. The number of hydrogen-bond donors (Lipinski definition) is 2. The topological polar surface area (TPSA) is 64.9 Å². The van der Waals surface area contributed by atoms with Crippen molar-refractivity contribution in [1.29, 1.82) is 0 Å². The van der Waals surface area contributed by atoms with Crippen LogP contribution in [0, 0.1) is 0 Å². The number of aromatic hydroxyl groups is 1. The first-order chi connectivity index (χ1) is 9.25. The number of carbonyl (C=O) groups excluding carboxylic acids is 1. The van der Waals surface area contributed by atoms with Gasteiger partial charge in [0.1, 0.15) is 5.75 Å². The minimum atomic E-state index is -0.117. The van der Waals surface area contributed by atoms with Gasteiger partial charge in [-0.2, -0.15) is 5.10 Å². The van der Waals surface area contributed by atoms with Crippen LogP contribution in [0.1, 0.15) is 24.8 Å². The van der Waals surface area contributed by atoms with Crippen LogP contribution in [-0.2, 0) is 4.79 Å². The van der Waals surface area contributed by atoms with E-state index in [9.17, 15) is 9.90 Å². The van der Waals surface area contributed by atoms with Gasteiger partial charge in [-0.05, 0) is 38.1 Å². The number of rotatable bonds is 4. The van der Waals surface area contributed by atoms with Crippen LogP contribution in [0.3, 0.4) is 0 Å². The second-order valence-corrected chi connectivity index (χ2v) is 4.69. The number of amides is 1. The smallest absolute Gasteiger partial charge is 0.254 e. The third-order valence-electron chi connectivity index (χ3n) is 3.15. The number of hydrogen-bond acceptors (Lipinski definition) is 4. The van der Waals surface area contributed by atoms with Crippen molar-refractivity contribution in [2.24, 2.45) is 5.10 Å². The molecule has 5 heteroatoms. The summed E-state index contributed by atoms with van der Waals surface area (Å²) in [6.07, 6.45) is 5.02. The molecule has 1 aliphatic heterocycles. The maximum atomic E-state index is 11.7. The molecule has 0 spiro atoms. The summed E-state index contributed by atoms with van der Waals surface area (Å²) >= 11 is 0. The van der Waals surface area contributed by atoms with Gasteiger partial charge in [0.15, 0.2) is 0 Å². The first-order valence-corrected chi connectivity index (χ1v) is 6.58. The summed E-state index contributed by atoms with van der Waals surface area (Å²) in [5, 5.41) is 13.4. The van der Waals surface area contributed by atoms with Crippen molar-refractivity contribution in [3.8, 4) is 5.75 Å². The molecule has 0 atom stereocenters. The molecule has 1 saturated heterocycles. The molecule has 0 unspecified atom stereocenters. The zero-order valence-corrected chi connectivity index (χ0v) is 10.9. The lowest BCUT2D eigenvalue weighted by Gasteiger charge is -2.25. The minimum Gasteiger partial charge on any atom is -0.507 e. The summed E-state index contributed by atoms with van der Waals surface area (Å²) in [7, 11) is 0. The molecular weight excluding hydrogens is 242 g/mol. The molecule has 0 radical (unpaired) electrons. The predicted molar refractivity (Wildman–Crippen MR) is 74.1 cm³/mol. The fraction of sp³-hybridized carbons (Fsp3) is 0.429. The quantitative estimate of drug-likeness (QED) is 0.635. The SMILES string of the molecule is O=C(CN1CCCCC1)N/N=C\c1ccccc1O. The van der Waals surface area contributed by atoms with Crippen LogP contribution in [-0.4, -0.2) is 41.8 Å². The van der Waals surface area contributed by atoms with Gasteiger partial charge in [-0.15, -0.1) is 0 Å². The lowest BCUT2D eigenvalue weighted by molar-refractivity contribution is -0.122. The van der Waals surface area contributed by atoms with Gasteiger partial charge >= 0.3 is 0 Å². The highest BCUT2D eigenvalue weighted by Gasteiger charge is 2.12. The van der Waals surface area contributed by atoms with Gasteiger partial charge in [-0.1, -0.05) is 18.6 Å². The lowest BCUT2D eigenvalue weighted by Crippen LogP contribution is -2.38. The van der Waals surface area contributed by atoms with Crippen molar-refractivity contribution >= 4 is 12.1 Å². The molecule has 0 aromatic heterocycles. The van der Waals surface area contributed by atoms with E-state index in [0.717, 1.165) is 25.9 Å². The van der Waals surface area contributed by atoms with Crippen LogP contribution in [0.15, 0.2) is 29.4 Å². The fourth-order valence-electron chi connectivity index (χ4n) is 2.13. The summed E-state index contributed by atoms with van der Waals surface area (Å²) in [5.41, 5.74) is 3.07. The molecule has 1 fully saturated rings. The molecule has 1 aromatic rings. The second-order valence-electron chi connectivity index (χ2n) is 4.69. The van der Waals surface area contributed by atoms with Gasteiger partial charge in [0.25, 0.3) is 5.91 Å². The van der Waals surface area contributed by atoms with Crippen molar-refractivity contribution in [3.05, 3.63) is 29.8 Å². The summed E-state index contributed by atoms with van der Waals surface area (Å²) in [5.74, 6) is 0.0325. The fourth-order valence-corrected chi connectivity index (χ4v) is 2.13. The highest BCUT2D eigenvalue weighted by molar-refractivity contribution is 5.85. The Balaban J connectivity index is 1.78. The number of phenols is 1. The Labute approximate surface area is 112 Å². The first-order valence-electron chi connectivity index (χ1n) is 6.58. The average Bonchev–Trinajstić information content (AvgIpc) is 2.42. The van der Waals surface area contributed by atoms with E-state index >= 15 is 0 Å². The van der Waals surface area contributed by atoms with Crippen molar-refractivity contribution < 1.29 is 9.90 Å². The average molecular weight is 261 g/mol. The van der Waals surface area contributed by atoms with E-state index in [1.165, 1.54) is 12.6 Å². The largest absolute Gasteiger partial charge is 0.507 e. The molecule has 5 nitrogen and oxygen atoms in total. The minimum absolute atomic E-state index is 0.117. The number of carbonyl (C=O) groups is 1. The number of benzene rings is 1. The molecule has 1 aromatic carbocycles. The molecule has 1 amide bonds. The third kappa shape index (κ3) is 4.37. The van der Waals surface area contributed by atoms with E-state index in [2.05, 4.69) is 15.4 Å². The van der Waals surface area contributed by atoms with Crippen LogP contribution >= 0.6 is 0 Å². The summed E-state index contributed by atoms with van der Waals surface area (Å²) in [6.45, 7) is 2.35.